The molecule has 1 aromatic carbocycles. The lowest BCUT2D eigenvalue weighted by atomic mass is 9.68. The largest absolute Gasteiger partial charge is 0.360 e. The quantitative estimate of drug-likeness (QED) is 0.669. The summed E-state index contributed by atoms with van der Waals surface area (Å²) >= 11 is 0. The number of amides is 1. The SMILES string of the molecule is O=C(c1c[nH]c2cc([N+](=O)[O-])ccc12)N1CC2CC3CC(C2)CC1C3. The maximum absolute atomic E-state index is 13.3. The highest BCUT2D eigenvalue weighted by Gasteiger charge is 2.44. The van der Waals surface area contributed by atoms with Gasteiger partial charge in [0.15, 0.2) is 0 Å². The van der Waals surface area contributed by atoms with E-state index in [1.54, 1.807) is 12.3 Å². The number of nitrogens with zero attached hydrogens (tertiary/aromatic N) is 2. The molecular formula is C19H21N3O3. The van der Waals surface area contributed by atoms with Crippen molar-refractivity contribution in [2.24, 2.45) is 17.8 Å². The van der Waals surface area contributed by atoms with Crippen LogP contribution in [0.15, 0.2) is 24.4 Å². The molecule has 2 aliphatic heterocycles. The first-order valence-electron chi connectivity index (χ1n) is 9.15. The molecule has 4 fully saturated rings. The molecule has 130 valence electrons. The molecule has 1 amide bonds. The van der Waals surface area contributed by atoms with E-state index in [9.17, 15) is 14.9 Å². The van der Waals surface area contributed by atoms with Gasteiger partial charge in [-0.3, -0.25) is 14.9 Å². The zero-order chi connectivity index (χ0) is 17.1. The number of nitro benzene ring substituents is 1. The maximum Gasteiger partial charge on any atom is 0.271 e. The topological polar surface area (TPSA) is 79.2 Å². The first-order chi connectivity index (χ1) is 12.1. The van der Waals surface area contributed by atoms with Gasteiger partial charge in [-0.1, -0.05) is 0 Å². The number of H-pyrrole nitrogens is 1. The Hall–Kier alpha value is -2.37. The van der Waals surface area contributed by atoms with Crippen LogP contribution in [0.1, 0.15) is 42.5 Å². The molecule has 6 heteroatoms. The molecular weight excluding hydrogens is 318 g/mol. The van der Waals surface area contributed by atoms with Crippen LogP contribution in [0, 0.1) is 27.9 Å². The molecule has 2 atom stereocenters. The molecule has 2 aliphatic carbocycles. The minimum atomic E-state index is -0.411. The molecule has 1 aromatic heterocycles. The van der Waals surface area contributed by atoms with Crippen LogP contribution >= 0.6 is 0 Å². The number of carbonyl (C=O) groups is 1. The third kappa shape index (κ3) is 2.34. The monoisotopic (exact) mass is 339 g/mol. The molecule has 2 unspecified atom stereocenters. The highest BCUT2D eigenvalue weighted by Crippen LogP contribution is 2.47. The van der Waals surface area contributed by atoms with E-state index in [1.165, 1.54) is 31.4 Å². The van der Waals surface area contributed by atoms with E-state index >= 15 is 0 Å². The van der Waals surface area contributed by atoms with E-state index in [4.69, 9.17) is 0 Å². The van der Waals surface area contributed by atoms with Crippen LogP contribution < -0.4 is 0 Å². The van der Waals surface area contributed by atoms with Gasteiger partial charge in [-0.2, -0.15) is 0 Å². The lowest BCUT2D eigenvalue weighted by molar-refractivity contribution is -0.384. The summed E-state index contributed by atoms with van der Waals surface area (Å²) in [4.78, 5) is 29.0. The molecule has 2 aromatic rings. The molecule has 6 nitrogen and oxygen atoms in total. The normalized spacial score (nSPS) is 30.6. The highest BCUT2D eigenvalue weighted by atomic mass is 16.6. The number of benzene rings is 1. The number of hydrogen-bond acceptors (Lipinski definition) is 3. The molecule has 0 radical (unpaired) electrons. The standard InChI is InChI=1S/C19H21N3O3/c23-19(17-9-20-18-8-14(22(24)25)1-2-16(17)18)21-10-13-4-11-3-12(5-13)7-15(21)6-11/h1-2,8-9,11-13,15,20H,3-7,10H2. The van der Waals surface area contributed by atoms with E-state index in [2.05, 4.69) is 9.88 Å². The van der Waals surface area contributed by atoms with Crippen molar-refractivity contribution in [1.82, 2.24) is 9.88 Å². The molecule has 4 aliphatic rings. The van der Waals surface area contributed by atoms with Crippen molar-refractivity contribution in [2.45, 2.75) is 38.1 Å². The van der Waals surface area contributed by atoms with Gasteiger partial charge in [-0.05, 0) is 55.9 Å². The Morgan fingerprint density at radius 3 is 2.56 bits per heavy atom. The van der Waals surface area contributed by atoms with Crippen molar-refractivity contribution in [3.05, 3.63) is 40.1 Å². The number of rotatable bonds is 2. The number of nitrogens with one attached hydrogen (secondary N) is 1. The second-order valence-corrected chi connectivity index (χ2v) is 8.08. The summed E-state index contributed by atoms with van der Waals surface area (Å²) in [5.41, 5.74) is 1.34. The van der Waals surface area contributed by atoms with Gasteiger partial charge >= 0.3 is 0 Å². The van der Waals surface area contributed by atoms with Crippen LogP contribution in [0.25, 0.3) is 10.9 Å². The van der Waals surface area contributed by atoms with Gasteiger partial charge in [0.2, 0.25) is 0 Å². The lowest BCUT2D eigenvalue weighted by Crippen LogP contribution is -2.42. The summed E-state index contributed by atoms with van der Waals surface area (Å²) in [7, 11) is 0. The number of nitro groups is 1. The van der Waals surface area contributed by atoms with E-state index in [1.807, 2.05) is 0 Å². The average Bonchev–Trinajstić information content (AvgIpc) is 2.91. The molecule has 6 rings (SSSR count). The summed E-state index contributed by atoms with van der Waals surface area (Å²) < 4.78 is 0. The van der Waals surface area contributed by atoms with Crippen molar-refractivity contribution in [2.75, 3.05) is 6.54 Å². The first-order valence-corrected chi connectivity index (χ1v) is 9.15. The summed E-state index contributed by atoms with van der Waals surface area (Å²) in [5.74, 6) is 2.32. The Balaban J connectivity index is 1.50. The molecule has 0 spiro atoms. The summed E-state index contributed by atoms with van der Waals surface area (Å²) in [5, 5.41) is 11.7. The minimum Gasteiger partial charge on any atom is -0.360 e. The fourth-order valence-corrected chi connectivity index (χ4v) is 5.59. The van der Waals surface area contributed by atoms with Crippen molar-refractivity contribution >= 4 is 22.5 Å². The molecule has 25 heavy (non-hydrogen) atoms. The van der Waals surface area contributed by atoms with Gasteiger partial charge < -0.3 is 9.88 Å². The average molecular weight is 339 g/mol. The van der Waals surface area contributed by atoms with Gasteiger partial charge in [0.1, 0.15) is 0 Å². The predicted molar refractivity (Wildman–Crippen MR) is 93.3 cm³/mol. The van der Waals surface area contributed by atoms with Crippen LogP contribution in [0.3, 0.4) is 0 Å². The number of aromatic nitrogens is 1. The fraction of sp³-hybridized carbons (Fsp3) is 0.526. The van der Waals surface area contributed by atoms with Crippen molar-refractivity contribution in [1.29, 1.82) is 0 Å². The Morgan fingerprint density at radius 2 is 1.84 bits per heavy atom. The Labute approximate surface area is 145 Å². The second-order valence-electron chi connectivity index (χ2n) is 8.08. The Kier molecular flexibility index (Phi) is 3.17. The number of fused-ring (bicyclic) bond motifs is 2. The zero-order valence-electron chi connectivity index (χ0n) is 14.0. The van der Waals surface area contributed by atoms with Crippen molar-refractivity contribution < 1.29 is 9.72 Å². The molecule has 2 saturated carbocycles. The minimum absolute atomic E-state index is 0.0408. The van der Waals surface area contributed by atoms with Gasteiger partial charge in [0, 0.05) is 36.3 Å². The van der Waals surface area contributed by atoms with E-state index in [0.29, 0.717) is 23.0 Å². The zero-order valence-corrected chi connectivity index (χ0v) is 14.0. The van der Waals surface area contributed by atoms with Crippen LogP contribution in [0.4, 0.5) is 5.69 Å². The summed E-state index contributed by atoms with van der Waals surface area (Å²) in [6, 6.07) is 5.04. The van der Waals surface area contributed by atoms with Crippen molar-refractivity contribution in [3.8, 4) is 0 Å². The fourth-order valence-electron chi connectivity index (χ4n) is 5.59. The maximum atomic E-state index is 13.3. The van der Waals surface area contributed by atoms with Gasteiger partial charge in [-0.15, -0.1) is 0 Å². The van der Waals surface area contributed by atoms with E-state index in [-0.39, 0.29) is 11.6 Å². The summed E-state index contributed by atoms with van der Waals surface area (Å²) in [6.45, 7) is 0.871. The van der Waals surface area contributed by atoms with Crippen LogP contribution in [0.2, 0.25) is 0 Å². The predicted octanol–water partition coefficient (Wildman–Crippen LogP) is 3.73. The molecule has 2 saturated heterocycles. The van der Waals surface area contributed by atoms with E-state index < -0.39 is 4.92 Å². The number of non-ortho nitro benzene ring substituents is 1. The van der Waals surface area contributed by atoms with E-state index in [0.717, 1.165) is 36.6 Å². The number of hydrogen-bond donors (Lipinski definition) is 1. The Morgan fingerprint density at radius 1 is 1.12 bits per heavy atom. The first kappa shape index (κ1) is 14.9. The Bertz CT molecular complexity index is 860. The third-order valence-electron chi connectivity index (χ3n) is 6.47. The highest BCUT2D eigenvalue weighted by molar-refractivity contribution is 6.07. The third-order valence-corrected chi connectivity index (χ3v) is 6.47. The van der Waals surface area contributed by atoms with Crippen LogP contribution in [-0.4, -0.2) is 33.3 Å². The van der Waals surface area contributed by atoms with Crippen LogP contribution in [0.5, 0.6) is 0 Å². The molecule has 3 heterocycles. The van der Waals surface area contributed by atoms with Gasteiger partial charge in [-0.25, -0.2) is 0 Å². The number of carbonyl (C=O) groups excluding carboxylic acids is 1. The second kappa shape index (κ2) is 5.31. The van der Waals surface area contributed by atoms with Gasteiger partial charge in [0.25, 0.3) is 11.6 Å². The molecule has 4 bridgehead atoms. The number of aromatic amines is 1. The lowest BCUT2D eigenvalue weighted by Gasteiger charge is -2.39. The van der Waals surface area contributed by atoms with Gasteiger partial charge in [0.05, 0.1) is 16.0 Å². The van der Waals surface area contributed by atoms with Crippen LogP contribution in [-0.2, 0) is 0 Å². The summed E-state index contributed by atoms with van der Waals surface area (Å²) in [6.07, 6.45) is 7.91. The van der Waals surface area contributed by atoms with Crippen molar-refractivity contribution in [3.63, 3.8) is 0 Å². The smallest absolute Gasteiger partial charge is 0.271 e. The molecule has 1 N–H and O–H groups in total.